The molecule has 0 spiro atoms. The first-order chi connectivity index (χ1) is 14.5. The fraction of sp³-hybridized carbons (Fsp3) is 0.320. The molecule has 0 saturated heterocycles. The van der Waals surface area contributed by atoms with Gasteiger partial charge in [-0.1, -0.05) is 42.5 Å². The summed E-state index contributed by atoms with van der Waals surface area (Å²) in [5.74, 6) is -0.552. The van der Waals surface area contributed by atoms with E-state index in [0.29, 0.717) is 17.3 Å². The third kappa shape index (κ3) is 4.46. The van der Waals surface area contributed by atoms with Gasteiger partial charge in [0.15, 0.2) is 0 Å². The Balaban J connectivity index is 1.39. The molecule has 1 aliphatic rings. The average Bonchev–Trinajstić information content (AvgIpc) is 3.21. The van der Waals surface area contributed by atoms with Gasteiger partial charge in [-0.2, -0.15) is 0 Å². The van der Waals surface area contributed by atoms with Crippen LogP contribution in [0.25, 0.3) is 10.8 Å². The van der Waals surface area contributed by atoms with Gasteiger partial charge in [0.1, 0.15) is 12.4 Å². The normalized spacial score (nSPS) is 19.7. The minimum absolute atomic E-state index is 0.0786. The number of hydrogen-bond donors (Lipinski definition) is 3. The molecule has 1 aliphatic carbocycles. The maximum Gasteiger partial charge on any atom is 0.322 e. The van der Waals surface area contributed by atoms with Crippen LogP contribution in [-0.4, -0.2) is 23.7 Å². The fourth-order valence-corrected chi connectivity index (χ4v) is 4.59. The Morgan fingerprint density at radius 3 is 2.53 bits per heavy atom. The maximum absolute atomic E-state index is 14.1. The third-order valence-corrected chi connectivity index (χ3v) is 6.12. The number of carboxylic acid groups (broad SMARTS) is 1. The number of carboxylic acids is 1. The van der Waals surface area contributed by atoms with Crippen molar-refractivity contribution < 1.29 is 14.3 Å². The summed E-state index contributed by atoms with van der Waals surface area (Å²) in [5, 5.41) is 17.1. The zero-order chi connectivity index (χ0) is 21.1. The number of hydrogen-bond acceptors (Lipinski definition) is 3. The molecule has 5 heteroatoms. The average molecular weight is 407 g/mol. The zero-order valence-corrected chi connectivity index (χ0v) is 17.1. The Labute approximate surface area is 176 Å². The van der Waals surface area contributed by atoms with Gasteiger partial charge in [-0.05, 0) is 66.8 Å². The quantitative estimate of drug-likeness (QED) is 0.487. The van der Waals surface area contributed by atoms with E-state index in [-0.39, 0.29) is 18.4 Å². The van der Waals surface area contributed by atoms with E-state index in [2.05, 4.69) is 29.7 Å². The Morgan fingerprint density at radius 2 is 1.80 bits per heavy atom. The molecule has 0 aromatic heterocycles. The summed E-state index contributed by atoms with van der Waals surface area (Å²) in [6, 6.07) is 19.7. The Hall–Kier alpha value is -2.92. The van der Waals surface area contributed by atoms with Crippen LogP contribution in [0.4, 0.5) is 10.1 Å². The van der Waals surface area contributed by atoms with Crippen molar-refractivity contribution in [3.63, 3.8) is 0 Å². The fourth-order valence-electron chi connectivity index (χ4n) is 4.59. The molecule has 0 aliphatic heterocycles. The minimum Gasteiger partial charge on any atom is -0.480 e. The monoisotopic (exact) mass is 406 g/mol. The molecule has 4 rings (SSSR count). The lowest BCUT2D eigenvalue weighted by molar-refractivity contribution is -0.134. The zero-order valence-electron chi connectivity index (χ0n) is 17.1. The van der Waals surface area contributed by atoms with Crippen LogP contribution in [0.3, 0.4) is 0 Å². The van der Waals surface area contributed by atoms with Crippen molar-refractivity contribution in [2.75, 3.05) is 11.9 Å². The molecule has 4 nitrogen and oxygen atoms in total. The predicted octanol–water partition coefficient (Wildman–Crippen LogP) is 5.46. The van der Waals surface area contributed by atoms with Crippen LogP contribution in [0, 0.1) is 5.82 Å². The highest BCUT2D eigenvalue weighted by Gasteiger charge is 2.27. The predicted molar refractivity (Wildman–Crippen MR) is 118 cm³/mol. The Morgan fingerprint density at radius 1 is 1.07 bits per heavy atom. The first-order valence-corrected chi connectivity index (χ1v) is 10.5. The highest BCUT2D eigenvalue weighted by atomic mass is 19.1. The molecule has 0 amide bonds. The van der Waals surface area contributed by atoms with Crippen molar-refractivity contribution in [2.45, 2.75) is 44.2 Å². The summed E-state index contributed by atoms with van der Waals surface area (Å²) in [6.07, 6.45) is 3.29. The van der Waals surface area contributed by atoms with Gasteiger partial charge in [0.25, 0.3) is 0 Å². The molecule has 3 aromatic rings. The van der Waals surface area contributed by atoms with E-state index in [9.17, 15) is 9.18 Å². The summed E-state index contributed by atoms with van der Waals surface area (Å²) in [7, 11) is 0. The SMILES string of the molecule is C[C@@H](NC1CCC(c2ccc(NCC(=O)O)cc2)C1)c1ccc(F)c2ccccc12. The number of aliphatic carboxylic acids is 1. The van der Waals surface area contributed by atoms with Crippen LogP contribution in [0.2, 0.25) is 0 Å². The lowest BCUT2D eigenvalue weighted by Gasteiger charge is -2.22. The van der Waals surface area contributed by atoms with Gasteiger partial charge < -0.3 is 15.7 Å². The molecule has 0 bridgehead atoms. The van der Waals surface area contributed by atoms with Crippen molar-refractivity contribution in [2.24, 2.45) is 0 Å². The molecule has 30 heavy (non-hydrogen) atoms. The van der Waals surface area contributed by atoms with E-state index < -0.39 is 5.97 Å². The largest absolute Gasteiger partial charge is 0.480 e. The highest BCUT2D eigenvalue weighted by molar-refractivity contribution is 5.86. The smallest absolute Gasteiger partial charge is 0.322 e. The van der Waals surface area contributed by atoms with E-state index in [0.717, 1.165) is 35.9 Å². The molecule has 1 saturated carbocycles. The van der Waals surface area contributed by atoms with Gasteiger partial charge in [-0.15, -0.1) is 0 Å². The van der Waals surface area contributed by atoms with Gasteiger partial charge >= 0.3 is 5.97 Å². The lowest BCUT2D eigenvalue weighted by Crippen LogP contribution is -2.29. The topological polar surface area (TPSA) is 61.4 Å². The maximum atomic E-state index is 14.1. The van der Waals surface area contributed by atoms with E-state index in [1.165, 1.54) is 5.56 Å². The van der Waals surface area contributed by atoms with Crippen LogP contribution in [0.15, 0.2) is 60.7 Å². The third-order valence-electron chi connectivity index (χ3n) is 6.12. The number of anilines is 1. The van der Waals surface area contributed by atoms with E-state index in [1.54, 1.807) is 6.07 Å². The van der Waals surface area contributed by atoms with Gasteiger partial charge in [-0.25, -0.2) is 4.39 Å². The summed E-state index contributed by atoms with van der Waals surface area (Å²) >= 11 is 0. The van der Waals surface area contributed by atoms with Crippen LogP contribution in [0.1, 0.15) is 49.3 Å². The molecule has 1 fully saturated rings. The molecule has 3 atom stereocenters. The molecular weight excluding hydrogens is 379 g/mol. The number of carbonyl (C=O) groups is 1. The summed E-state index contributed by atoms with van der Waals surface area (Å²) in [6.45, 7) is 2.07. The number of halogens is 1. The van der Waals surface area contributed by atoms with Crippen molar-refractivity contribution >= 4 is 22.4 Å². The van der Waals surface area contributed by atoms with Crippen LogP contribution >= 0.6 is 0 Å². The van der Waals surface area contributed by atoms with Crippen molar-refractivity contribution in [3.8, 4) is 0 Å². The second-order valence-corrected chi connectivity index (χ2v) is 8.15. The molecule has 0 heterocycles. The lowest BCUT2D eigenvalue weighted by atomic mass is 9.96. The van der Waals surface area contributed by atoms with Crippen molar-refractivity contribution in [1.29, 1.82) is 0 Å². The van der Waals surface area contributed by atoms with Crippen LogP contribution in [-0.2, 0) is 4.79 Å². The molecular formula is C25H27FN2O2. The molecule has 156 valence electrons. The molecule has 3 aromatic carbocycles. The van der Waals surface area contributed by atoms with Gasteiger partial charge in [0.2, 0.25) is 0 Å². The minimum atomic E-state index is -0.869. The molecule has 0 radical (unpaired) electrons. The first kappa shape index (κ1) is 20.4. The number of benzene rings is 3. The van der Waals surface area contributed by atoms with Crippen molar-refractivity contribution in [1.82, 2.24) is 5.32 Å². The van der Waals surface area contributed by atoms with Gasteiger partial charge in [0, 0.05) is 23.2 Å². The standard InChI is InChI=1S/C25H27FN2O2/c1-16(21-12-13-24(26)23-5-3-2-4-22(21)23)28-20-11-8-18(14-20)17-6-9-19(10-7-17)27-15-25(29)30/h2-7,9-10,12-13,16,18,20,27-28H,8,11,14-15H2,1H3,(H,29,30)/t16-,18?,20?/m1/s1. The number of nitrogens with one attached hydrogen (secondary N) is 2. The van der Waals surface area contributed by atoms with Crippen molar-refractivity contribution in [3.05, 3.63) is 77.6 Å². The van der Waals surface area contributed by atoms with Gasteiger partial charge in [-0.3, -0.25) is 4.79 Å². The number of rotatable bonds is 7. The second kappa shape index (κ2) is 8.84. The Bertz CT molecular complexity index is 1040. The summed E-state index contributed by atoms with van der Waals surface area (Å²) in [5.41, 5.74) is 3.25. The number of fused-ring (bicyclic) bond motifs is 1. The van der Waals surface area contributed by atoms with Crippen LogP contribution in [0.5, 0.6) is 0 Å². The summed E-state index contributed by atoms with van der Waals surface area (Å²) in [4.78, 5) is 10.7. The van der Waals surface area contributed by atoms with E-state index in [1.807, 2.05) is 42.5 Å². The Kier molecular flexibility index (Phi) is 6.00. The first-order valence-electron chi connectivity index (χ1n) is 10.5. The molecule has 3 N–H and O–H groups in total. The molecule has 2 unspecified atom stereocenters. The van der Waals surface area contributed by atoms with Crippen LogP contribution < -0.4 is 10.6 Å². The van der Waals surface area contributed by atoms with E-state index in [4.69, 9.17) is 5.11 Å². The second-order valence-electron chi connectivity index (χ2n) is 8.15. The highest BCUT2D eigenvalue weighted by Crippen LogP contribution is 2.36. The van der Waals surface area contributed by atoms with E-state index >= 15 is 0 Å². The summed E-state index contributed by atoms with van der Waals surface area (Å²) < 4.78 is 14.1. The van der Waals surface area contributed by atoms with Gasteiger partial charge in [0.05, 0.1) is 0 Å².